The Balaban J connectivity index is 1.59. The number of para-hydroxylation sites is 1. The summed E-state index contributed by atoms with van der Waals surface area (Å²) >= 11 is 6.06. The molecule has 0 saturated heterocycles. The average molecular weight is 417 g/mol. The zero-order valence-electron chi connectivity index (χ0n) is 14.6. The molecule has 3 N–H and O–H groups in total. The Morgan fingerprint density at radius 1 is 0.964 bits per heavy atom. The van der Waals surface area contributed by atoms with E-state index in [1.54, 1.807) is 48.5 Å². The molecule has 0 saturated carbocycles. The number of amides is 1. The predicted molar refractivity (Wildman–Crippen MR) is 108 cm³/mol. The molecule has 0 aliphatic carbocycles. The standard InChI is InChI=1S/C20H17ClN2O4S/c21-18-3-1-2-4-19(18)27-16-9-7-15(8-10-16)23-20(24)13-14-5-11-17(12-6-14)28(22,25)26/h1-12H,13H2,(H,23,24)(H2,22,25,26). The third-order valence-electron chi connectivity index (χ3n) is 3.82. The van der Waals surface area contributed by atoms with Crippen LogP contribution in [0.5, 0.6) is 11.5 Å². The van der Waals surface area contributed by atoms with E-state index in [2.05, 4.69) is 5.32 Å². The zero-order valence-corrected chi connectivity index (χ0v) is 16.2. The smallest absolute Gasteiger partial charge is 0.238 e. The molecule has 28 heavy (non-hydrogen) atoms. The lowest BCUT2D eigenvalue weighted by molar-refractivity contribution is -0.115. The fraction of sp³-hybridized carbons (Fsp3) is 0.0500. The van der Waals surface area contributed by atoms with E-state index in [-0.39, 0.29) is 17.2 Å². The molecular weight excluding hydrogens is 400 g/mol. The monoisotopic (exact) mass is 416 g/mol. The fourth-order valence-electron chi connectivity index (χ4n) is 2.45. The van der Waals surface area contributed by atoms with Gasteiger partial charge in [-0.05, 0) is 54.1 Å². The first-order valence-corrected chi connectivity index (χ1v) is 10.2. The lowest BCUT2D eigenvalue weighted by Gasteiger charge is -2.09. The zero-order chi connectivity index (χ0) is 20.1. The van der Waals surface area contributed by atoms with E-state index in [0.29, 0.717) is 27.8 Å². The van der Waals surface area contributed by atoms with Crippen LogP contribution in [-0.2, 0) is 21.2 Å². The molecule has 0 aromatic heterocycles. The highest BCUT2D eigenvalue weighted by Gasteiger charge is 2.09. The highest BCUT2D eigenvalue weighted by molar-refractivity contribution is 7.89. The van der Waals surface area contributed by atoms with Crippen LogP contribution in [0.2, 0.25) is 5.02 Å². The highest BCUT2D eigenvalue weighted by Crippen LogP contribution is 2.29. The molecule has 1 amide bonds. The van der Waals surface area contributed by atoms with Crippen LogP contribution in [0.4, 0.5) is 5.69 Å². The molecule has 0 aliphatic heterocycles. The Kier molecular flexibility index (Phi) is 5.99. The number of hydrogen-bond donors (Lipinski definition) is 2. The maximum absolute atomic E-state index is 12.2. The molecule has 3 aromatic carbocycles. The Labute approximate surface area is 168 Å². The molecule has 0 unspecified atom stereocenters. The van der Waals surface area contributed by atoms with Crippen LogP contribution in [-0.4, -0.2) is 14.3 Å². The van der Waals surface area contributed by atoms with Gasteiger partial charge in [0.25, 0.3) is 0 Å². The van der Waals surface area contributed by atoms with Crippen molar-refractivity contribution in [3.05, 3.63) is 83.4 Å². The van der Waals surface area contributed by atoms with Gasteiger partial charge in [0.05, 0.1) is 16.3 Å². The van der Waals surface area contributed by atoms with Crippen molar-refractivity contribution in [3.8, 4) is 11.5 Å². The van der Waals surface area contributed by atoms with E-state index >= 15 is 0 Å². The minimum Gasteiger partial charge on any atom is -0.456 e. The van der Waals surface area contributed by atoms with Crippen LogP contribution in [0, 0.1) is 0 Å². The van der Waals surface area contributed by atoms with Crippen molar-refractivity contribution in [1.82, 2.24) is 0 Å². The molecule has 0 aliphatic rings. The first-order chi connectivity index (χ1) is 13.3. The molecule has 3 aromatic rings. The van der Waals surface area contributed by atoms with Crippen LogP contribution < -0.4 is 15.2 Å². The van der Waals surface area contributed by atoms with Gasteiger partial charge in [-0.25, -0.2) is 13.6 Å². The highest BCUT2D eigenvalue weighted by atomic mass is 35.5. The van der Waals surface area contributed by atoms with E-state index in [1.165, 1.54) is 12.1 Å². The number of ether oxygens (including phenoxy) is 1. The normalized spacial score (nSPS) is 11.1. The van der Waals surface area contributed by atoms with Crippen molar-refractivity contribution >= 4 is 33.2 Å². The van der Waals surface area contributed by atoms with Crippen molar-refractivity contribution < 1.29 is 17.9 Å². The topological polar surface area (TPSA) is 98.5 Å². The number of halogens is 1. The summed E-state index contributed by atoms with van der Waals surface area (Å²) in [5, 5.41) is 8.34. The van der Waals surface area contributed by atoms with E-state index in [0.717, 1.165) is 0 Å². The maximum atomic E-state index is 12.2. The average Bonchev–Trinajstić information content (AvgIpc) is 2.65. The van der Waals surface area contributed by atoms with Gasteiger partial charge in [0.15, 0.2) is 0 Å². The van der Waals surface area contributed by atoms with Crippen LogP contribution in [0.1, 0.15) is 5.56 Å². The molecule has 0 heterocycles. The number of benzene rings is 3. The maximum Gasteiger partial charge on any atom is 0.238 e. The molecule has 0 bridgehead atoms. The van der Waals surface area contributed by atoms with E-state index in [4.69, 9.17) is 21.5 Å². The summed E-state index contributed by atoms with van der Waals surface area (Å²) in [5.41, 5.74) is 1.28. The number of carbonyl (C=O) groups is 1. The van der Waals surface area contributed by atoms with Crippen LogP contribution in [0.15, 0.2) is 77.7 Å². The molecule has 0 atom stereocenters. The number of hydrogen-bond acceptors (Lipinski definition) is 4. The van der Waals surface area contributed by atoms with Gasteiger partial charge in [-0.3, -0.25) is 4.79 Å². The number of carbonyl (C=O) groups excluding carboxylic acids is 1. The number of nitrogens with two attached hydrogens (primary N) is 1. The number of rotatable bonds is 6. The summed E-state index contributed by atoms with van der Waals surface area (Å²) in [6.07, 6.45) is 0.1000. The van der Waals surface area contributed by atoms with Crippen LogP contribution >= 0.6 is 11.6 Å². The van der Waals surface area contributed by atoms with Crippen molar-refractivity contribution in [2.24, 2.45) is 5.14 Å². The van der Waals surface area contributed by atoms with Gasteiger partial charge >= 0.3 is 0 Å². The number of nitrogens with one attached hydrogen (secondary N) is 1. The molecule has 3 rings (SSSR count). The fourth-order valence-corrected chi connectivity index (χ4v) is 3.14. The van der Waals surface area contributed by atoms with Gasteiger partial charge in [-0.1, -0.05) is 35.9 Å². The third kappa shape index (κ3) is 5.32. The van der Waals surface area contributed by atoms with Crippen molar-refractivity contribution in [2.45, 2.75) is 11.3 Å². The molecule has 144 valence electrons. The van der Waals surface area contributed by atoms with Gasteiger partial charge < -0.3 is 10.1 Å². The van der Waals surface area contributed by atoms with Gasteiger partial charge in [0.2, 0.25) is 15.9 Å². The van der Waals surface area contributed by atoms with E-state index in [1.807, 2.05) is 12.1 Å². The second-order valence-electron chi connectivity index (χ2n) is 5.97. The van der Waals surface area contributed by atoms with E-state index < -0.39 is 10.0 Å². The second kappa shape index (κ2) is 8.43. The number of anilines is 1. The molecule has 0 radical (unpaired) electrons. The summed E-state index contributed by atoms with van der Waals surface area (Å²) in [6.45, 7) is 0. The van der Waals surface area contributed by atoms with Gasteiger partial charge in [-0.15, -0.1) is 0 Å². The predicted octanol–water partition coefficient (Wildman–Crippen LogP) is 3.96. The molecule has 8 heteroatoms. The summed E-state index contributed by atoms with van der Waals surface area (Å²) < 4.78 is 28.2. The first-order valence-electron chi connectivity index (χ1n) is 8.25. The molecular formula is C20H17ClN2O4S. The lowest BCUT2D eigenvalue weighted by Crippen LogP contribution is -2.15. The largest absolute Gasteiger partial charge is 0.456 e. The summed E-state index contributed by atoms with van der Waals surface area (Å²) in [6, 6.07) is 19.9. The first kappa shape index (κ1) is 19.9. The summed E-state index contributed by atoms with van der Waals surface area (Å²) in [5.74, 6) is 0.900. The molecule has 0 spiro atoms. The van der Waals surface area contributed by atoms with Crippen molar-refractivity contribution in [2.75, 3.05) is 5.32 Å². The van der Waals surface area contributed by atoms with Crippen molar-refractivity contribution in [1.29, 1.82) is 0 Å². The number of sulfonamides is 1. The van der Waals surface area contributed by atoms with Crippen molar-refractivity contribution in [3.63, 3.8) is 0 Å². The van der Waals surface area contributed by atoms with Gasteiger partial charge in [-0.2, -0.15) is 0 Å². The van der Waals surface area contributed by atoms with E-state index in [9.17, 15) is 13.2 Å². The quantitative estimate of drug-likeness (QED) is 0.635. The van der Waals surface area contributed by atoms with Crippen LogP contribution in [0.25, 0.3) is 0 Å². The molecule has 0 fully saturated rings. The third-order valence-corrected chi connectivity index (χ3v) is 5.06. The van der Waals surface area contributed by atoms with Crippen LogP contribution in [0.3, 0.4) is 0 Å². The summed E-state index contributed by atoms with van der Waals surface area (Å²) in [4.78, 5) is 12.2. The minimum atomic E-state index is -3.75. The van der Waals surface area contributed by atoms with Gasteiger partial charge in [0, 0.05) is 5.69 Å². The Bertz CT molecular complexity index is 1080. The second-order valence-corrected chi connectivity index (χ2v) is 7.94. The summed E-state index contributed by atoms with van der Waals surface area (Å²) in [7, 11) is -3.75. The number of primary sulfonamides is 1. The molecule has 6 nitrogen and oxygen atoms in total. The Morgan fingerprint density at radius 3 is 2.21 bits per heavy atom. The van der Waals surface area contributed by atoms with Gasteiger partial charge in [0.1, 0.15) is 11.5 Å². The lowest BCUT2D eigenvalue weighted by atomic mass is 10.1. The Morgan fingerprint density at radius 2 is 1.61 bits per heavy atom. The minimum absolute atomic E-state index is 0.00534. The Hall–Kier alpha value is -2.87. The SMILES string of the molecule is NS(=O)(=O)c1ccc(CC(=O)Nc2ccc(Oc3ccccc3Cl)cc2)cc1.